The van der Waals surface area contributed by atoms with Crippen molar-refractivity contribution >= 4 is 22.9 Å². The molecule has 0 aliphatic carbocycles. The number of hydrogen-bond donors (Lipinski definition) is 2. The summed E-state index contributed by atoms with van der Waals surface area (Å²) in [6.07, 6.45) is 2.51. The van der Waals surface area contributed by atoms with Crippen LogP contribution in [0.3, 0.4) is 0 Å². The number of halogens is 1. The largest absolute Gasteiger partial charge is 0.271 e. The van der Waals surface area contributed by atoms with E-state index in [1.807, 2.05) is 25.1 Å². The predicted octanol–water partition coefficient (Wildman–Crippen LogP) is 2.25. The van der Waals surface area contributed by atoms with Crippen LogP contribution in [0.25, 0.3) is 0 Å². The molecule has 0 aliphatic rings. The third-order valence-corrected chi connectivity index (χ3v) is 3.64. The lowest BCUT2D eigenvalue weighted by atomic mass is 10.1. The first kappa shape index (κ1) is 12.4. The molecule has 0 aromatic carbocycles. The van der Waals surface area contributed by atoms with E-state index in [2.05, 4.69) is 15.4 Å². The van der Waals surface area contributed by atoms with Crippen molar-refractivity contribution in [1.82, 2.24) is 15.4 Å². The van der Waals surface area contributed by atoms with Gasteiger partial charge in [0, 0.05) is 17.5 Å². The number of hydrazine groups is 1. The first-order valence-corrected chi connectivity index (χ1v) is 6.38. The number of rotatable bonds is 4. The Hall–Kier alpha value is -1.01. The quantitative estimate of drug-likeness (QED) is 0.659. The van der Waals surface area contributed by atoms with Crippen molar-refractivity contribution in [2.75, 3.05) is 0 Å². The number of hydrogen-bond acceptors (Lipinski definition) is 5. The van der Waals surface area contributed by atoms with Gasteiger partial charge in [0.15, 0.2) is 0 Å². The molecule has 1 unspecified atom stereocenters. The monoisotopic (exact) mass is 268 g/mol. The lowest BCUT2D eigenvalue weighted by Crippen LogP contribution is -2.30. The summed E-state index contributed by atoms with van der Waals surface area (Å²) < 4.78 is 0.787. The fourth-order valence-corrected chi connectivity index (χ4v) is 2.71. The summed E-state index contributed by atoms with van der Waals surface area (Å²) in [7, 11) is 0. The Morgan fingerprint density at radius 3 is 2.88 bits per heavy atom. The lowest BCUT2D eigenvalue weighted by Gasteiger charge is -2.14. The highest BCUT2D eigenvalue weighted by atomic mass is 35.5. The molecular weight excluding hydrogens is 256 g/mol. The van der Waals surface area contributed by atoms with E-state index in [-0.39, 0.29) is 6.04 Å². The minimum Gasteiger partial charge on any atom is -0.271 e. The number of thiophene rings is 1. The lowest BCUT2D eigenvalue weighted by molar-refractivity contribution is 0.539. The van der Waals surface area contributed by atoms with Crippen molar-refractivity contribution in [2.24, 2.45) is 5.84 Å². The van der Waals surface area contributed by atoms with Gasteiger partial charge in [0.05, 0.1) is 16.1 Å². The van der Waals surface area contributed by atoms with Gasteiger partial charge in [-0.15, -0.1) is 11.3 Å². The molecule has 2 aromatic rings. The maximum atomic E-state index is 5.90. The minimum absolute atomic E-state index is 0.0218. The second-order valence-corrected chi connectivity index (χ2v) is 5.46. The summed E-state index contributed by atoms with van der Waals surface area (Å²) in [6.45, 7) is 1.86. The zero-order chi connectivity index (χ0) is 12.3. The van der Waals surface area contributed by atoms with Gasteiger partial charge in [-0.2, -0.15) is 0 Å². The minimum atomic E-state index is -0.0218. The molecule has 0 fully saturated rings. The van der Waals surface area contributed by atoms with Gasteiger partial charge >= 0.3 is 0 Å². The molecule has 2 rings (SSSR count). The molecule has 0 spiro atoms. The number of aryl methyl sites for hydroxylation is 1. The number of aromatic nitrogens is 2. The van der Waals surface area contributed by atoms with Crippen LogP contribution in [0.2, 0.25) is 4.34 Å². The molecular formula is C11H13ClN4S. The number of nitrogens with one attached hydrogen (secondary N) is 1. The normalized spacial score (nSPS) is 12.6. The van der Waals surface area contributed by atoms with Crippen LogP contribution in [-0.4, -0.2) is 9.97 Å². The van der Waals surface area contributed by atoms with Crippen LogP contribution < -0.4 is 11.3 Å². The summed E-state index contributed by atoms with van der Waals surface area (Å²) in [5.74, 6) is 6.31. The van der Waals surface area contributed by atoms with Crippen molar-refractivity contribution < 1.29 is 0 Å². The second kappa shape index (κ2) is 5.55. The molecule has 2 heterocycles. The smallest absolute Gasteiger partial charge is 0.125 e. The van der Waals surface area contributed by atoms with Crippen LogP contribution in [0.15, 0.2) is 24.4 Å². The van der Waals surface area contributed by atoms with Crippen LogP contribution >= 0.6 is 22.9 Å². The second-order valence-electron chi connectivity index (χ2n) is 3.66. The zero-order valence-electron chi connectivity index (χ0n) is 9.35. The molecule has 0 bridgehead atoms. The molecule has 0 saturated carbocycles. The fourth-order valence-electron chi connectivity index (χ4n) is 1.58. The molecule has 6 heteroatoms. The number of nitrogens with zero attached hydrogens (tertiary/aromatic N) is 2. The average molecular weight is 269 g/mol. The average Bonchev–Trinajstić information content (AvgIpc) is 2.72. The van der Waals surface area contributed by atoms with E-state index >= 15 is 0 Å². The molecule has 0 radical (unpaired) electrons. The predicted molar refractivity (Wildman–Crippen MR) is 69.9 cm³/mol. The van der Waals surface area contributed by atoms with Gasteiger partial charge in [-0.3, -0.25) is 11.3 Å². The first-order chi connectivity index (χ1) is 8.19. The van der Waals surface area contributed by atoms with Crippen LogP contribution in [0.1, 0.15) is 22.4 Å². The third-order valence-electron chi connectivity index (χ3n) is 2.39. The summed E-state index contributed by atoms with van der Waals surface area (Å²) in [5.41, 5.74) is 3.67. The van der Waals surface area contributed by atoms with E-state index in [4.69, 9.17) is 17.4 Å². The highest BCUT2D eigenvalue weighted by molar-refractivity contribution is 7.16. The third kappa shape index (κ3) is 3.23. The Bertz CT molecular complexity index is 500. The van der Waals surface area contributed by atoms with Crippen LogP contribution in [-0.2, 0) is 6.42 Å². The highest BCUT2D eigenvalue weighted by Crippen LogP contribution is 2.25. The Morgan fingerprint density at radius 1 is 1.47 bits per heavy atom. The summed E-state index contributed by atoms with van der Waals surface area (Å²) in [4.78, 5) is 9.61. The molecule has 0 saturated heterocycles. The molecule has 90 valence electrons. The summed E-state index contributed by atoms with van der Waals surface area (Å²) in [6, 6.07) is 5.74. The maximum absolute atomic E-state index is 5.90. The van der Waals surface area contributed by atoms with Crippen molar-refractivity contribution in [3.05, 3.63) is 45.1 Å². The van der Waals surface area contributed by atoms with Crippen molar-refractivity contribution in [1.29, 1.82) is 0 Å². The zero-order valence-corrected chi connectivity index (χ0v) is 10.9. The Balaban J connectivity index is 2.16. The van der Waals surface area contributed by atoms with Crippen LogP contribution in [0.5, 0.6) is 0 Å². The molecule has 0 amide bonds. The Labute approximate surface area is 109 Å². The van der Waals surface area contributed by atoms with E-state index in [0.29, 0.717) is 0 Å². The highest BCUT2D eigenvalue weighted by Gasteiger charge is 2.13. The molecule has 4 nitrogen and oxygen atoms in total. The van der Waals surface area contributed by atoms with Gasteiger partial charge in [0.25, 0.3) is 0 Å². The van der Waals surface area contributed by atoms with Crippen molar-refractivity contribution in [2.45, 2.75) is 19.4 Å². The first-order valence-electron chi connectivity index (χ1n) is 5.19. The van der Waals surface area contributed by atoms with Gasteiger partial charge in [-0.1, -0.05) is 11.6 Å². The molecule has 3 N–H and O–H groups in total. The number of nitrogens with two attached hydrogens (primary N) is 1. The topological polar surface area (TPSA) is 63.8 Å². The van der Waals surface area contributed by atoms with E-state index < -0.39 is 0 Å². The van der Waals surface area contributed by atoms with Gasteiger partial charge < -0.3 is 0 Å². The van der Waals surface area contributed by atoms with Crippen molar-refractivity contribution in [3.8, 4) is 0 Å². The van der Waals surface area contributed by atoms with Gasteiger partial charge in [0.1, 0.15) is 5.82 Å². The van der Waals surface area contributed by atoms with E-state index in [1.54, 1.807) is 17.5 Å². The molecule has 0 aliphatic heterocycles. The van der Waals surface area contributed by atoms with E-state index in [9.17, 15) is 0 Å². The van der Waals surface area contributed by atoms with Crippen LogP contribution in [0, 0.1) is 6.92 Å². The Kier molecular flexibility index (Phi) is 4.06. The fraction of sp³-hybridized carbons (Fsp3) is 0.273. The molecule has 1 atom stereocenters. The van der Waals surface area contributed by atoms with E-state index in [1.165, 1.54) is 4.88 Å². The maximum Gasteiger partial charge on any atom is 0.125 e. The Morgan fingerprint density at radius 2 is 2.29 bits per heavy atom. The summed E-state index contributed by atoms with van der Waals surface area (Å²) >= 11 is 7.46. The van der Waals surface area contributed by atoms with Crippen LogP contribution in [0.4, 0.5) is 0 Å². The molecule has 2 aromatic heterocycles. The van der Waals surface area contributed by atoms with E-state index in [0.717, 1.165) is 22.3 Å². The van der Waals surface area contributed by atoms with Gasteiger partial charge in [-0.25, -0.2) is 9.97 Å². The van der Waals surface area contributed by atoms with Gasteiger partial charge in [0.2, 0.25) is 0 Å². The molecule has 17 heavy (non-hydrogen) atoms. The van der Waals surface area contributed by atoms with Crippen molar-refractivity contribution in [3.63, 3.8) is 0 Å². The summed E-state index contributed by atoms with van der Waals surface area (Å²) in [5, 5.41) is 0. The standard InChI is InChI=1S/C11H13ClN4S/c1-7-14-5-4-9(15-7)10(16-13)6-8-2-3-11(12)17-8/h2-5,10,16H,6,13H2,1H3. The van der Waals surface area contributed by atoms with Gasteiger partial charge in [-0.05, 0) is 25.1 Å². The SMILES string of the molecule is Cc1nccc(C(Cc2ccc(Cl)s2)NN)n1.